The van der Waals surface area contributed by atoms with Crippen LogP contribution >= 0.6 is 22.9 Å². The summed E-state index contributed by atoms with van der Waals surface area (Å²) < 4.78 is 0.716. The second kappa shape index (κ2) is 7.30. The van der Waals surface area contributed by atoms with Crippen LogP contribution in [0.3, 0.4) is 0 Å². The number of aliphatic hydroxyl groups is 1. The van der Waals surface area contributed by atoms with Gasteiger partial charge in [-0.05, 0) is 61.4 Å². The van der Waals surface area contributed by atoms with Crippen molar-refractivity contribution in [3.8, 4) is 0 Å². The first-order valence-corrected chi connectivity index (χ1v) is 8.82. The molecule has 0 saturated carbocycles. The predicted molar refractivity (Wildman–Crippen MR) is 96.6 cm³/mol. The number of allylic oxidation sites excluding steroid dienone is 1. The fourth-order valence-electron chi connectivity index (χ4n) is 2.63. The molecule has 1 saturated heterocycles. The van der Waals surface area contributed by atoms with Gasteiger partial charge < -0.3 is 10.0 Å². The molecule has 23 heavy (non-hydrogen) atoms. The van der Waals surface area contributed by atoms with Crippen LogP contribution in [-0.2, 0) is 0 Å². The van der Waals surface area contributed by atoms with Gasteiger partial charge in [0.1, 0.15) is 0 Å². The van der Waals surface area contributed by atoms with Gasteiger partial charge in [-0.2, -0.15) is 0 Å². The van der Waals surface area contributed by atoms with Gasteiger partial charge in [-0.15, -0.1) is 11.3 Å². The number of ketones is 1. The molecule has 5 heteroatoms. The lowest BCUT2D eigenvalue weighted by molar-refractivity contribution is 0.104. The van der Waals surface area contributed by atoms with Crippen LogP contribution in [0.5, 0.6) is 0 Å². The van der Waals surface area contributed by atoms with E-state index in [9.17, 15) is 9.90 Å². The summed E-state index contributed by atoms with van der Waals surface area (Å²) in [5, 5.41) is 9.56. The molecule has 0 spiro atoms. The average Bonchev–Trinajstić information content (AvgIpc) is 2.99. The molecular formula is C18H18ClNO2S. The molecule has 0 atom stereocenters. The maximum absolute atomic E-state index is 12.2. The Bertz CT molecular complexity index is 700. The Morgan fingerprint density at radius 2 is 1.87 bits per heavy atom. The van der Waals surface area contributed by atoms with E-state index < -0.39 is 0 Å². The van der Waals surface area contributed by atoms with E-state index in [0.29, 0.717) is 9.90 Å². The molecule has 1 aromatic carbocycles. The SMILES string of the molecule is O=C(/C=C/c1ccc(Cl)s1)c1ccc(N2CCC(O)CC2)cc1. The van der Waals surface area contributed by atoms with E-state index in [1.807, 2.05) is 36.4 Å². The number of benzene rings is 1. The Hall–Kier alpha value is -1.62. The molecule has 1 aliphatic heterocycles. The zero-order valence-electron chi connectivity index (χ0n) is 12.6. The third-order valence-corrected chi connectivity index (χ3v) is 5.17. The number of carbonyl (C=O) groups is 1. The number of aliphatic hydroxyl groups excluding tert-OH is 1. The van der Waals surface area contributed by atoms with Crippen LogP contribution < -0.4 is 4.90 Å². The van der Waals surface area contributed by atoms with Gasteiger partial charge in [0.2, 0.25) is 0 Å². The minimum absolute atomic E-state index is 0.0184. The summed E-state index contributed by atoms with van der Waals surface area (Å²) in [5.74, 6) is -0.0184. The third kappa shape index (κ3) is 4.22. The summed E-state index contributed by atoms with van der Waals surface area (Å²) in [4.78, 5) is 15.4. The van der Waals surface area contributed by atoms with E-state index in [2.05, 4.69) is 4.90 Å². The molecule has 0 amide bonds. The van der Waals surface area contributed by atoms with E-state index in [-0.39, 0.29) is 11.9 Å². The average molecular weight is 348 g/mol. The first-order valence-electron chi connectivity index (χ1n) is 7.62. The summed E-state index contributed by atoms with van der Waals surface area (Å²) >= 11 is 7.32. The van der Waals surface area contributed by atoms with Crippen molar-refractivity contribution in [2.24, 2.45) is 0 Å². The minimum Gasteiger partial charge on any atom is -0.393 e. The molecule has 0 aliphatic carbocycles. The number of nitrogens with zero attached hydrogens (tertiary/aromatic N) is 1. The van der Waals surface area contributed by atoms with Gasteiger partial charge in [-0.25, -0.2) is 0 Å². The molecule has 0 bridgehead atoms. The molecule has 2 aromatic rings. The molecule has 1 fully saturated rings. The van der Waals surface area contributed by atoms with Crippen LogP contribution in [0.15, 0.2) is 42.5 Å². The van der Waals surface area contributed by atoms with Gasteiger partial charge in [0.15, 0.2) is 5.78 Å². The maximum Gasteiger partial charge on any atom is 0.185 e. The van der Waals surface area contributed by atoms with Crippen molar-refractivity contribution in [1.29, 1.82) is 0 Å². The number of anilines is 1. The molecular weight excluding hydrogens is 330 g/mol. The lowest BCUT2D eigenvalue weighted by atomic mass is 10.1. The van der Waals surface area contributed by atoms with E-state index in [4.69, 9.17) is 11.6 Å². The Balaban J connectivity index is 1.64. The van der Waals surface area contributed by atoms with Crippen molar-refractivity contribution in [3.63, 3.8) is 0 Å². The van der Waals surface area contributed by atoms with E-state index >= 15 is 0 Å². The number of rotatable bonds is 4. The van der Waals surface area contributed by atoms with Crippen LogP contribution in [0, 0.1) is 0 Å². The van der Waals surface area contributed by atoms with E-state index in [1.54, 1.807) is 12.2 Å². The zero-order chi connectivity index (χ0) is 16.2. The maximum atomic E-state index is 12.2. The molecule has 3 rings (SSSR count). The van der Waals surface area contributed by atoms with Crippen molar-refractivity contribution in [1.82, 2.24) is 0 Å². The van der Waals surface area contributed by atoms with Crippen molar-refractivity contribution < 1.29 is 9.90 Å². The Morgan fingerprint density at radius 1 is 1.17 bits per heavy atom. The Labute approximate surface area is 144 Å². The molecule has 2 heterocycles. The van der Waals surface area contributed by atoms with Crippen LogP contribution in [0.25, 0.3) is 6.08 Å². The summed E-state index contributed by atoms with van der Waals surface area (Å²) in [6.07, 6.45) is 4.79. The fourth-order valence-corrected chi connectivity index (χ4v) is 3.60. The molecule has 1 aromatic heterocycles. The first-order chi connectivity index (χ1) is 11.1. The van der Waals surface area contributed by atoms with Crippen LogP contribution in [0.2, 0.25) is 4.34 Å². The smallest absolute Gasteiger partial charge is 0.185 e. The number of hydrogen-bond acceptors (Lipinski definition) is 4. The van der Waals surface area contributed by atoms with E-state index in [1.165, 1.54) is 11.3 Å². The molecule has 120 valence electrons. The van der Waals surface area contributed by atoms with Crippen molar-refractivity contribution >= 4 is 40.5 Å². The second-order valence-electron chi connectivity index (χ2n) is 5.60. The highest BCUT2D eigenvalue weighted by Gasteiger charge is 2.17. The summed E-state index contributed by atoms with van der Waals surface area (Å²) in [6, 6.07) is 11.4. The van der Waals surface area contributed by atoms with Crippen LogP contribution in [0.1, 0.15) is 28.1 Å². The minimum atomic E-state index is -0.178. The summed E-state index contributed by atoms with van der Waals surface area (Å²) in [7, 11) is 0. The lowest BCUT2D eigenvalue weighted by Gasteiger charge is -2.31. The highest BCUT2D eigenvalue weighted by molar-refractivity contribution is 7.17. The van der Waals surface area contributed by atoms with Crippen LogP contribution in [-0.4, -0.2) is 30.1 Å². The normalized spacial score (nSPS) is 16.2. The number of hydrogen-bond donors (Lipinski definition) is 1. The Kier molecular flexibility index (Phi) is 5.16. The number of thiophene rings is 1. The van der Waals surface area contributed by atoms with Gasteiger partial charge in [-0.1, -0.05) is 11.6 Å². The zero-order valence-corrected chi connectivity index (χ0v) is 14.2. The topological polar surface area (TPSA) is 40.5 Å². The standard InChI is InChI=1S/C18H18ClNO2S/c19-18-8-6-16(23-18)5-7-17(22)13-1-3-14(4-2-13)20-11-9-15(21)10-12-20/h1-8,15,21H,9-12H2/b7-5+. The summed E-state index contributed by atoms with van der Waals surface area (Å²) in [6.45, 7) is 1.71. The number of piperidine rings is 1. The first kappa shape index (κ1) is 16.2. The van der Waals surface area contributed by atoms with E-state index in [0.717, 1.165) is 36.5 Å². The predicted octanol–water partition coefficient (Wildman–Crippen LogP) is 4.26. The molecule has 3 nitrogen and oxygen atoms in total. The van der Waals surface area contributed by atoms with Crippen LogP contribution in [0.4, 0.5) is 5.69 Å². The number of halogens is 1. The van der Waals surface area contributed by atoms with Gasteiger partial charge in [0.05, 0.1) is 10.4 Å². The monoisotopic (exact) mass is 347 g/mol. The van der Waals surface area contributed by atoms with Gasteiger partial charge >= 0.3 is 0 Å². The van der Waals surface area contributed by atoms with Gasteiger partial charge in [0, 0.05) is 29.2 Å². The molecule has 1 aliphatic rings. The highest BCUT2D eigenvalue weighted by Crippen LogP contribution is 2.23. The highest BCUT2D eigenvalue weighted by atomic mass is 35.5. The van der Waals surface area contributed by atoms with Gasteiger partial charge in [0.25, 0.3) is 0 Å². The second-order valence-corrected chi connectivity index (χ2v) is 7.35. The molecule has 0 unspecified atom stereocenters. The van der Waals surface area contributed by atoms with Crippen molar-refractivity contribution in [2.75, 3.05) is 18.0 Å². The van der Waals surface area contributed by atoms with Crippen molar-refractivity contribution in [3.05, 3.63) is 57.3 Å². The largest absolute Gasteiger partial charge is 0.393 e. The molecule has 0 radical (unpaired) electrons. The Morgan fingerprint density at radius 3 is 2.48 bits per heavy atom. The van der Waals surface area contributed by atoms with Crippen molar-refractivity contribution in [2.45, 2.75) is 18.9 Å². The summed E-state index contributed by atoms with van der Waals surface area (Å²) in [5.41, 5.74) is 1.77. The van der Waals surface area contributed by atoms with Gasteiger partial charge in [-0.3, -0.25) is 4.79 Å². The number of carbonyl (C=O) groups excluding carboxylic acids is 1. The quantitative estimate of drug-likeness (QED) is 0.663. The third-order valence-electron chi connectivity index (χ3n) is 3.97. The molecule has 1 N–H and O–H groups in total. The fraction of sp³-hybridized carbons (Fsp3) is 0.278. The lowest BCUT2D eigenvalue weighted by Crippen LogP contribution is -2.35.